The molecule has 1 N–H and O–H groups in total. The number of rotatable bonds is 4. The van der Waals surface area contributed by atoms with Crippen LogP contribution in [0.4, 0.5) is 0 Å². The van der Waals surface area contributed by atoms with Crippen molar-refractivity contribution in [3.8, 4) is 0 Å². The molecule has 3 aromatic rings. The Labute approximate surface area is 141 Å². The summed E-state index contributed by atoms with van der Waals surface area (Å²) >= 11 is 0. The first-order valence-corrected chi connectivity index (χ1v) is 8.67. The second kappa shape index (κ2) is 6.19. The lowest BCUT2D eigenvalue weighted by Gasteiger charge is -2.13. The van der Waals surface area contributed by atoms with E-state index in [0.717, 1.165) is 28.5 Å². The minimum atomic E-state index is -0.0376. The molecule has 1 aromatic carbocycles. The van der Waals surface area contributed by atoms with Crippen molar-refractivity contribution in [3.63, 3.8) is 0 Å². The van der Waals surface area contributed by atoms with Crippen LogP contribution in [0.5, 0.6) is 0 Å². The smallest absolute Gasteiger partial charge is 0.268 e. The van der Waals surface area contributed by atoms with Gasteiger partial charge in [0, 0.05) is 25.0 Å². The van der Waals surface area contributed by atoms with Crippen LogP contribution in [0.1, 0.15) is 42.6 Å². The van der Waals surface area contributed by atoms with Gasteiger partial charge in [-0.25, -0.2) is 0 Å². The molecule has 0 atom stereocenters. The summed E-state index contributed by atoms with van der Waals surface area (Å²) in [5.74, 6) is -0.0376. The van der Waals surface area contributed by atoms with Crippen molar-refractivity contribution in [2.45, 2.75) is 32.1 Å². The van der Waals surface area contributed by atoms with Gasteiger partial charge in [-0.1, -0.05) is 23.8 Å². The minimum absolute atomic E-state index is 0.0376. The molecule has 4 heteroatoms. The van der Waals surface area contributed by atoms with Crippen LogP contribution in [-0.4, -0.2) is 17.0 Å². The maximum atomic E-state index is 12.5. The van der Waals surface area contributed by atoms with Crippen molar-refractivity contribution in [1.29, 1.82) is 0 Å². The first-order valence-electron chi connectivity index (χ1n) is 8.67. The predicted octanol–water partition coefficient (Wildman–Crippen LogP) is 4.54. The summed E-state index contributed by atoms with van der Waals surface area (Å²) in [6, 6.07) is 9.76. The van der Waals surface area contributed by atoms with Gasteiger partial charge < -0.3 is 14.3 Å². The Morgan fingerprint density at radius 1 is 1.25 bits per heavy atom. The molecule has 0 unspecified atom stereocenters. The number of nitrogens with zero attached hydrogens (tertiary/aromatic N) is 1. The van der Waals surface area contributed by atoms with Crippen molar-refractivity contribution in [1.82, 2.24) is 9.88 Å². The molecule has 0 radical (unpaired) electrons. The number of nitrogens with one attached hydrogen (secondary N) is 1. The summed E-state index contributed by atoms with van der Waals surface area (Å²) in [7, 11) is 1.92. The number of hydrogen-bond donors (Lipinski definition) is 1. The van der Waals surface area contributed by atoms with E-state index in [0.29, 0.717) is 12.2 Å². The normalized spacial score (nSPS) is 15.0. The lowest BCUT2D eigenvalue weighted by atomic mass is 9.97. The number of para-hydroxylation sites is 1. The monoisotopic (exact) mass is 322 g/mol. The molecule has 0 saturated carbocycles. The zero-order chi connectivity index (χ0) is 16.5. The third-order valence-electron chi connectivity index (χ3n) is 4.91. The van der Waals surface area contributed by atoms with E-state index in [-0.39, 0.29) is 5.91 Å². The number of benzene rings is 1. The summed E-state index contributed by atoms with van der Waals surface area (Å²) in [5.41, 5.74) is 4.72. The molecule has 4 rings (SSSR count). The maximum absolute atomic E-state index is 12.5. The van der Waals surface area contributed by atoms with E-state index in [4.69, 9.17) is 4.42 Å². The van der Waals surface area contributed by atoms with Gasteiger partial charge >= 0.3 is 0 Å². The second-order valence-electron chi connectivity index (χ2n) is 6.51. The van der Waals surface area contributed by atoms with Crippen LogP contribution in [0.2, 0.25) is 0 Å². The first-order chi connectivity index (χ1) is 11.7. The standard InChI is InChI=1S/C20H22N2O2/c1-22-16(20(23)21-12-11-14-7-3-2-4-8-14)13-18-19(22)15-9-5-6-10-17(15)24-18/h5-7,9-10,13H,2-4,8,11-12H2,1H3,(H,21,23). The molecule has 0 spiro atoms. The molecule has 0 bridgehead atoms. The van der Waals surface area contributed by atoms with E-state index in [1.165, 1.54) is 31.3 Å². The Morgan fingerprint density at radius 3 is 2.96 bits per heavy atom. The highest BCUT2D eigenvalue weighted by atomic mass is 16.3. The minimum Gasteiger partial charge on any atom is -0.454 e. The fourth-order valence-corrected chi connectivity index (χ4v) is 3.61. The van der Waals surface area contributed by atoms with Crippen LogP contribution in [0.25, 0.3) is 22.1 Å². The number of aromatic nitrogens is 1. The summed E-state index contributed by atoms with van der Waals surface area (Å²) in [5, 5.41) is 4.09. The van der Waals surface area contributed by atoms with Gasteiger partial charge in [-0.05, 0) is 44.2 Å². The van der Waals surface area contributed by atoms with Crippen LogP contribution < -0.4 is 5.32 Å². The fourth-order valence-electron chi connectivity index (χ4n) is 3.61. The largest absolute Gasteiger partial charge is 0.454 e. The molecule has 1 aliphatic rings. The number of carbonyl (C=O) groups is 1. The van der Waals surface area contributed by atoms with Crippen molar-refractivity contribution < 1.29 is 9.21 Å². The van der Waals surface area contributed by atoms with Crippen LogP contribution in [-0.2, 0) is 7.05 Å². The van der Waals surface area contributed by atoms with Gasteiger partial charge in [-0.15, -0.1) is 0 Å². The highest BCUT2D eigenvalue weighted by molar-refractivity contribution is 6.07. The molecule has 4 nitrogen and oxygen atoms in total. The van der Waals surface area contributed by atoms with E-state index in [9.17, 15) is 4.79 Å². The first kappa shape index (κ1) is 15.1. The lowest BCUT2D eigenvalue weighted by Crippen LogP contribution is -2.26. The molecule has 24 heavy (non-hydrogen) atoms. The molecule has 0 aliphatic heterocycles. The Balaban J connectivity index is 1.52. The van der Waals surface area contributed by atoms with Gasteiger partial charge in [0.2, 0.25) is 0 Å². The molecule has 1 amide bonds. The SMILES string of the molecule is Cn1c(C(=O)NCCC2=CCCCC2)cc2oc3ccccc3c21. The van der Waals surface area contributed by atoms with E-state index in [2.05, 4.69) is 11.4 Å². The highest BCUT2D eigenvalue weighted by Gasteiger charge is 2.18. The van der Waals surface area contributed by atoms with E-state index < -0.39 is 0 Å². The lowest BCUT2D eigenvalue weighted by molar-refractivity contribution is 0.0946. The average Bonchev–Trinajstić information content (AvgIpc) is 3.12. The Kier molecular flexibility index (Phi) is 3.89. The molecule has 2 heterocycles. The Morgan fingerprint density at radius 2 is 2.12 bits per heavy atom. The number of allylic oxidation sites excluding steroid dienone is 1. The Hall–Kier alpha value is -2.49. The number of furan rings is 1. The van der Waals surface area contributed by atoms with Crippen LogP contribution in [0.15, 0.2) is 46.4 Å². The average molecular weight is 322 g/mol. The van der Waals surface area contributed by atoms with Gasteiger partial charge in [-0.2, -0.15) is 0 Å². The number of aryl methyl sites for hydroxylation is 1. The summed E-state index contributed by atoms with van der Waals surface area (Å²) in [6.07, 6.45) is 8.23. The molecule has 1 aliphatic carbocycles. The van der Waals surface area contributed by atoms with E-state index >= 15 is 0 Å². The predicted molar refractivity (Wildman–Crippen MR) is 96.2 cm³/mol. The van der Waals surface area contributed by atoms with Crippen LogP contribution in [0.3, 0.4) is 0 Å². The third kappa shape index (κ3) is 2.62. The van der Waals surface area contributed by atoms with Gasteiger partial charge in [0.05, 0.1) is 5.52 Å². The molecular formula is C20H22N2O2. The van der Waals surface area contributed by atoms with E-state index in [1.54, 1.807) is 0 Å². The van der Waals surface area contributed by atoms with Crippen molar-refractivity contribution in [2.24, 2.45) is 7.05 Å². The summed E-state index contributed by atoms with van der Waals surface area (Å²) in [6.45, 7) is 0.692. The fraction of sp³-hybridized carbons (Fsp3) is 0.350. The molecule has 0 fully saturated rings. The third-order valence-corrected chi connectivity index (χ3v) is 4.91. The Bertz CT molecular complexity index is 930. The molecule has 124 valence electrons. The molecular weight excluding hydrogens is 300 g/mol. The van der Waals surface area contributed by atoms with Gasteiger partial charge in [-0.3, -0.25) is 4.79 Å². The highest BCUT2D eigenvalue weighted by Crippen LogP contribution is 2.30. The van der Waals surface area contributed by atoms with Crippen molar-refractivity contribution in [2.75, 3.05) is 6.54 Å². The molecule has 0 saturated heterocycles. The van der Waals surface area contributed by atoms with Gasteiger partial charge in [0.25, 0.3) is 5.91 Å². The molecule has 2 aromatic heterocycles. The number of hydrogen-bond acceptors (Lipinski definition) is 2. The zero-order valence-electron chi connectivity index (χ0n) is 14.0. The van der Waals surface area contributed by atoms with Gasteiger partial charge in [0.15, 0.2) is 5.58 Å². The quantitative estimate of drug-likeness (QED) is 0.717. The summed E-state index contributed by atoms with van der Waals surface area (Å²) < 4.78 is 7.78. The van der Waals surface area contributed by atoms with Crippen LogP contribution >= 0.6 is 0 Å². The zero-order valence-corrected chi connectivity index (χ0v) is 14.0. The van der Waals surface area contributed by atoms with Crippen molar-refractivity contribution >= 4 is 28.0 Å². The maximum Gasteiger partial charge on any atom is 0.268 e. The van der Waals surface area contributed by atoms with E-state index in [1.807, 2.05) is 41.9 Å². The van der Waals surface area contributed by atoms with Crippen LogP contribution in [0, 0.1) is 0 Å². The topological polar surface area (TPSA) is 47.2 Å². The summed E-state index contributed by atoms with van der Waals surface area (Å²) in [4.78, 5) is 12.5. The number of amides is 1. The second-order valence-corrected chi connectivity index (χ2v) is 6.51. The van der Waals surface area contributed by atoms with Crippen molar-refractivity contribution in [3.05, 3.63) is 47.7 Å². The number of fused-ring (bicyclic) bond motifs is 3. The van der Waals surface area contributed by atoms with Gasteiger partial charge in [0.1, 0.15) is 11.3 Å². The number of carbonyl (C=O) groups excluding carboxylic acids is 1.